The van der Waals surface area contributed by atoms with Crippen molar-refractivity contribution >= 4 is 11.3 Å². The maximum absolute atomic E-state index is 4.02. The quantitative estimate of drug-likeness (QED) is 0.609. The summed E-state index contributed by atoms with van der Waals surface area (Å²) in [4.78, 5) is 5.44. The van der Waals surface area contributed by atoms with Crippen LogP contribution in [0.25, 0.3) is 0 Å². The van der Waals surface area contributed by atoms with Crippen LogP contribution in [0.4, 0.5) is 0 Å². The van der Waals surface area contributed by atoms with E-state index in [1.54, 1.807) is 11.3 Å². The van der Waals surface area contributed by atoms with Gasteiger partial charge in [0.25, 0.3) is 0 Å². The summed E-state index contributed by atoms with van der Waals surface area (Å²) in [5, 5.41) is 0. The van der Waals surface area contributed by atoms with Gasteiger partial charge >= 0.3 is 0 Å². The predicted molar refractivity (Wildman–Crippen MR) is 45.3 cm³/mol. The summed E-state index contributed by atoms with van der Waals surface area (Å²) in [5.41, 5.74) is 1.90. The van der Waals surface area contributed by atoms with E-state index in [1.165, 1.54) is 30.6 Å². The minimum atomic E-state index is 1.22. The number of aromatic nitrogens is 1. The molecule has 2 heteroatoms. The number of hydrogen-bond acceptors (Lipinski definition) is 2. The van der Waals surface area contributed by atoms with Crippen molar-refractivity contribution in [1.82, 2.24) is 4.98 Å². The molecule has 1 aromatic heterocycles. The highest BCUT2D eigenvalue weighted by Crippen LogP contribution is 2.09. The van der Waals surface area contributed by atoms with E-state index in [0.29, 0.717) is 0 Å². The van der Waals surface area contributed by atoms with Crippen LogP contribution in [0.1, 0.15) is 31.1 Å². The number of hydrogen-bond donors (Lipinski definition) is 0. The zero-order valence-corrected chi connectivity index (χ0v) is 7.16. The summed E-state index contributed by atoms with van der Waals surface area (Å²) < 4.78 is 0. The van der Waals surface area contributed by atoms with Crippen LogP contribution in [0.15, 0.2) is 11.7 Å². The zero-order valence-electron chi connectivity index (χ0n) is 6.34. The molecule has 1 nitrogen and oxygen atoms in total. The molecule has 0 saturated carbocycles. The van der Waals surface area contributed by atoms with Gasteiger partial charge in [0.05, 0.1) is 5.51 Å². The standard InChI is InChI=1S/C8H13NS/c1-2-3-4-5-8-6-9-7-10-8/h6-7H,2-5H2,1H3. The van der Waals surface area contributed by atoms with Gasteiger partial charge in [-0.25, -0.2) is 0 Å². The second-order valence-corrected chi connectivity index (χ2v) is 3.40. The number of aryl methyl sites for hydroxylation is 1. The summed E-state index contributed by atoms with van der Waals surface area (Å²) in [5.74, 6) is 0. The first-order valence-electron chi connectivity index (χ1n) is 3.81. The number of nitrogens with zero attached hydrogens (tertiary/aromatic N) is 1. The molecule has 0 amide bonds. The Bertz CT molecular complexity index is 158. The van der Waals surface area contributed by atoms with Crippen LogP contribution in [0.2, 0.25) is 0 Å². The third kappa shape index (κ3) is 2.48. The topological polar surface area (TPSA) is 12.9 Å². The lowest BCUT2D eigenvalue weighted by molar-refractivity contribution is 0.722. The average molecular weight is 155 g/mol. The molecule has 0 fully saturated rings. The SMILES string of the molecule is CCCCCc1cncs1. The molecule has 0 saturated heterocycles. The summed E-state index contributed by atoms with van der Waals surface area (Å²) >= 11 is 1.76. The van der Waals surface area contributed by atoms with Crippen LogP contribution in [-0.4, -0.2) is 4.98 Å². The Labute approximate surface area is 66.1 Å². The molecule has 1 rings (SSSR count). The zero-order chi connectivity index (χ0) is 7.23. The summed E-state index contributed by atoms with van der Waals surface area (Å²) in [6.07, 6.45) is 7.16. The van der Waals surface area contributed by atoms with Crippen LogP contribution < -0.4 is 0 Å². The second kappa shape index (κ2) is 4.45. The molecule has 0 atom stereocenters. The minimum absolute atomic E-state index is 1.22. The number of rotatable bonds is 4. The normalized spacial score (nSPS) is 10.1. The van der Waals surface area contributed by atoms with Crippen molar-refractivity contribution in [1.29, 1.82) is 0 Å². The fraction of sp³-hybridized carbons (Fsp3) is 0.625. The van der Waals surface area contributed by atoms with E-state index in [2.05, 4.69) is 11.9 Å². The predicted octanol–water partition coefficient (Wildman–Crippen LogP) is 2.88. The molecular formula is C8H13NS. The molecule has 0 unspecified atom stereocenters. The highest BCUT2D eigenvalue weighted by molar-refractivity contribution is 7.09. The lowest BCUT2D eigenvalue weighted by Crippen LogP contribution is -1.79. The highest BCUT2D eigenvalue weighted by atomic mass is 32.1. The van der Waals surface area contributed by atoms with Crippen LogP contribution in [0, 0.1) is 0 Å². The minimum Gasteiger partial charge on any atom is -0.253 e. The first kappa shape index (κ1) is 7.73. The van der Waals surface area contributed by atoms with Crippen molar-refractivity contribution in [3.8, 4) is 0 Å². The summed E-state index contributed by atoms with van der Waals surface area (Å²) in [6, 6.07) is 0. The Morgan fingerprint density at radius 3 is 3.00 bits per heavy atom. The van der Waals surface area contributed by atoms with Crippen molar-refractivity contribution in [2.75, 3.05) is 0 Å². The van der Waals surface area contributed by atoms with Gasteiger partial charge in [-0.05, 0) is 12.8 Å². The molecule has 10 heavy (non-hydrogen) atoms. The molecule has 0 N–H and O–H groups in total. The molecule has 0 aliphatic carbocycles. The van der Waals surface area contributed by atoms with E-state index in [-0.39, 0.29) is 0 Å². The van der Waals surface area contributed by atoms with Gasteiger partial charge in [0.1, 0.15) is 0 Å². The molecule has 0 bridgehead atoms. The lowest BCUT2D eigenvalue weighted by atomic mass is 10.2. The van der Waals surface area contributed by atoms with E-state index in [9.17, 15) is 0 Å². The van der Waals surface area contributed by atoms with Gasteiger partial charge in [-0.2, -0.15) is 0 Å². The Hall–Kier alpha value is -0.370. The molecule has 0 aliphatic rings. The van der Waals surface area contributed by atoms with Crippen molar-refractivity contribution in [2.24, 2.45) is 0 Å². The van der Waals surface area contributed by atoms with Gasteiger partial charge in [-0.15, -0.1) is 11.3 Å². The Kier molecular flexibility index (Phi) is 3.44. The average Bonchev–Trinajstić information content (AvgIpc) is 2.41. The van der Waals surface area contributed by atoms with Crippen molar-refractivity contribution < 1.29 is 0 Å². The molecule has 0 radical (unpaired) electrons. The van der Waals surface area contributed by atoms with E-state index < -0.39 is 0 Å². The maximum atomic E-state index is 4.02. The van der Waals surface area contributed by atoms with E-state index in [0.717, 1.165) is 0 Å². The third-order valence-corrected chi connectivity index (χ3v) is 2.35. The molecule has 56 valence electrons. The first-order chi connectivity index (χ1) is 4.93. The molecular weight excluding hydrogens is 142 g/mol. The van der Waals surface area contributed by atoms with Crippen LogP contribution >= 0.6 is 11.3 Å². The van der Waals surface area contributed by atoms with Gasteiger partial charge < -0.3 is 0 Å². The third-order valence-electron chi connectivity index (χ3n) is 1.51. The first-order valence-corrected chi connectivity index (χ1v) is 4.69. The van der Waals surface area contributed by atoms with Crippen LogP contribution in [-0.2, 0) is 6.42 Å². The van der Waals surface area contributed by atoms with Crippen molar-refractivity contribution in [2.45, 2.75) is 32.6 Å². The smallest absolute Gasteiger partial charge is 0.0794 e. The molecule has 0 aromatic carbocycles. The second-order valence-electron chi connectivity index (χ2n) is 2.42. The fourth-order valence-electron chi connectivity index (χ4n) is 0.915. The van der Waals surface area contributed by atoms with Gasteiger partial charge in [0, 0.05) is 11.1 Å². The van der Waals surface area contributed by atoms with Gasteiger partial charge in [0.15, 0.2) is 0 Å². The summed E-state index contributed by atoms with van der Waals surface area (Å²) in [7, 11) is 0. The van der Waals surface area contributed by atoms with Crippen LogP contribution in [0.5, 0.6) is 0 Å². The number of thiazole rings is 1. The van der Waals surface area contributed by atoms with Crippen molar-refractivity contribution in [3.63, 3.8) is 0 Å². The Balaban J connectivity index is 2.15. The van der Waals surface area contributed by atoms with Gasteiger partial charge in [-0.1, -0.05) is 19.8 Å². The van der Waals surface area contributed by atoms with Gasteiger partial charge in [0.2, 0.25) is 0 Å². The largest absolute Gasteiger partial charge is 0.253 e. The van der Waals surface area contributed by atoms with Gasteiger partial charge in [-0.3, -0.25) is 4.98 Å². The molecule has 1 aromatic rings. The maximum Gasteiger partial charge on any atom is 0.0794 e. The monoisotopic (exact) mass is 155 g/mol. The molecule has 0 aliphatic heterocycles. The molecule has 0 spiro atoms. The van der Waals surface area contributed by atoms with Crippen LogP contribution in [0.3, 0.4) is 0 Å². The van der Waals surface area contributed by atoms with E-state index >= 15 is 0 Å². The Morgan fingerprint density at radius 2 is 2.40 bits per heavy atom. The Morgan fingerprint density at radius 1 is 1.50 bits per heavy atom. The summed E-state index contributed by atoms with van der Waals surface area (Å²) in [6.45, 7) is 2.23. The molecule has 1 heterocycles. The number of unbranched alkanes of at least 4 members (excludes halogenated alkanes) is 2. The lowest BCUT2D eigenvalue weighted by Gasteiger charge is -1.92. The fourth-order valence-corrected chi connectivity index (χ4v) is 1.56. The van der Waals surface area contributed by atoms with E-state index in [4.69, 9.17) is 0 Å². The highest BCUT2D eigenvalue weighted by Gasteiger charge is 1.92. The van der Waals surface area contributed by atoms with Crippen molar-refractivity contribution in [3.05, 3.63) is 16.6 Å². The van der Waals surface area contributed by atoms with E-state index in [1.807, 2.05) is 11.7 Å².